The number of hydrogen-bond donors (Lipinski definition) is 1. The minimum atomic E-state index is -0.191. The Hall–Kier alpha value is -1.88. The molecule has 1 unspecified atom stereocenters. The Balaban J connectivity index is 1.56. The van der Waals surface area contributed by atoms with Crippen molar-refractivity contribution in [1.29, 1.82) is 0 Å². The number of para-hydroxylation sites is 1. The first kappa shape index (κ1) is 16.0. The van der Waals surface area contributed by atoms with Crippen LogP contribution in [0.1, 0.15) is 32.1 Å². The summed E-state index contributed by atoms with van der Waals surface area (Å²) in [7, 11) is 0. The van der Waals surface area contributed by atoms with Crippen LogP contribution in [-0.4, -0.2) is 53.8 Å². The highest BCUT2D eigenvalue weighted by atomic mass is 16.2. The van der Waals surface area contributed by atoms with E-state index in [9.17, 15) is 9.59 Å². The number of piperidine rings is 1. The highest BCUT2D eigenvalue weighted by Gasteiger charge is 2.33. The fourth-order valence-corrected chi connectivity index (χ4v) is 3.48. The predicted octanol–water partition coefficient (Wildman–Crippen LogP) is 2.10. The molecule has 2 fully saturated rings. The molecule has 1 atom stereocenters. The number of carbonyl (C=O) groups is 2. The number of nitrogens with one attached hydrogen (secondary N) is 1. The molecule has 3 rings (SSSR count). The zero-order valence-corrected chi connectivity index (χ0v) is 13.5. The number of anilines is 1. The average Bonchev–Trinajstić information content (AvgIpc) is 3.05. The van der Waals surface area contributed by atoms with Gasteiger partial charge >= 0.3 is 0 Å². The lowest BCUT2D eigenvalue weighted by molar-refractivity contribution is -0.134. The third-order valence-electron chi connectivity index (χ3n) is 4.75. The van der Waals surface area contributed by atoms with Gasteiger partial charge in [0.15, 0.2) is 0 Å². The van der Waals surface area contributed by atoms with Gasteiger partial charge in [-0.05, 0) is 50.8 Å². The minimum absolute atomic E-state index is 0.000133. The van der Waals surface area contributed by atoms with Crippen LogP contribution in [0.15, 0.2) is 30.3 Å². The molecule has 1 aromatic rings. The van der Waals surface area contributed by atoms with Gasteiger partial charge in [-0.25, -0.2) is 0 Å². The first-order chi connectivity index (χ1) is 11.2. The predicted molar refractivity (Wildman–Crippen MR) is 90.1 cm³/mol. The average molecular weight is 315 g/mol. The first-order valence-electron chi connectivity index (χ1n) is 8.62. The van der Waals surface area contributed by atoms with Crippen LogP contribution in [-0.2, 0) is 9.59 Å². The second-order valence-electron chi connectivity index (χ2n) is 6.43. The molecular weight excluding hydrogens is 290 g/mol. The molecule has 5 heteroatoms. The fraction of sp³-hybridized carbons (Fsp3) is 0.556. The van der Waals surface area contributed by atoms with Crippen LogP contribution in [0.25, 0.3) is 0 Å². The van der Waals surface area contributed by atoms with Crippen molar-refractivity contribution in [3.05, 3.63) is 30.3 Å². The zero-order valence-electron chi connectivity index (χ0n) is 13.5. The van der Waals surface area contributed by atoms with Gasteiger partial charge in [0, 0.05) is 18.8 Å². The molecule has 0 aliphatic carbocycles. The first-order valence-corrected chi connectivity index (χ1v) is 8.62. The molecule has 1 aromatic carbocycles. The SMILES string of the molecule is O=C(Nc1ccccc1)C1CCCN1CC(=O)N1CCCCC1. The summed E-state index contributed by atoms with van der Waals surface area (Å²) < 4.78 is 0. The Morgan fingerprint density at radius 1 is 1.00 bits per heavy atom. The van der Waals surface area contributed by atoms with Crippen LogP contribution in [0.5, 0.6) is 0 Å². The summed E-state index contributed by atoms with van der Waals surface area (Å²) in [5.41, 5.74) is 0.812. The number of carbonyl (C=O) groups excluding carboxylic acids is 2. The molecule has 2 aliphatic rings. The molecule has 5 nitrogen and oxygen atoms in total. The smallest absolute Gasteiger partial charge is 0.241 e. The van der Waals surface area contributed by atoms with Gasteiger partial charge in [-0.3, -0.25) is 14.5 Å². The molecule has 124 valence electrons. The number of rotatable bonds is 4. The molecule has 0 saturated carbocycles. The van der Waals surface area contributed by atoms with E-state index in [0.29, 0.717) is 6.54 Å². The Labute approximate surface area is 137 Å². The van der Waals surface area contributed by atoms with Crippen molar-refractivity contribution in [3.63, 3.8) is 0 Å². The third-order valence-corrected chi connectivity index (χ3v) is 4.75. The molecule has 2 heterocycles. The second-order valence-corrected chi connectivity index (χ2v) is 6.43. The summed E-state index contributed by atoms with van der Waals surface area (Å²) in [5, 5.41) is 2.96. The quantitative estimate of drug-likeness (QED) is 0.926. The van der Waals surface area contributed by atoms with Crippen molar-refractivity contribution in [2.75, 3.05) is 31.5 Å². The van der Waals surface area contributed by atoms with Crippen molar-refractivity contribution in [1.82, 2.24) is 9.80 Å². The highest BCUT2D eigenvalue weighted by molar-refractivity contribution is 5.95. The summed E-state index contributed by atoms with van der Waals surface area (Å²) in [4.78, 5) is 28.9. The van der Waals surface area contributed by atoms with Gasteiger partial charge in [-0.1, -0.05) is 18.2 Å². The Kier molecular flexibility index (Phi) is 5.28. The van der Waals surface area contributed by atoms with E-state index >= 15 is 0 Å². The van der Waals surface area contributed by atoms with E-state index < -0.39 is 0 Å². The van der Waals surface area contributed by atoms with Crippen LogP contribution >= 0.6 is 0 Å². The van der Waals surface area contributed by atoms with Crippen molar-refractivity contribution < 1.29 is 9.59 Å². The number of likely N-dealkylation sites (tertiary alicyclic amines) is 2. The van der Waals surface area contributed by atoms with Gasteiger partial charge in [0.2, 0.25) is 11.8 Å². The maximum Gasteiger partial charge on any atom is 0.241 e. The van der Waals surface area contributed by atoms with Gasteiger partial charge in [0.1, 0.15) is 0 Å². The number of amides is 2. The van der Waals surface area contributed by atoms with E-state index in [0.717, 1.165) is 51.0 Å². The van der Waals surface area contributed by atoms with E-state index in [4.69, 9.17) is 0 Å². The maximum atomic E-state index is 12.5. The summed E-state index contributed by atoms with van der Waals surface area (Å²) in [6.45, 7) is 2.93. The molecule has 2 amide bonds. The lowest BCUT2D eigenvalue weighted by Gasteiger charge is -2.30. The molecule has 23 heavy (non-hydrogen) atoms. The number of benzene rings is 1. The van der Waals surface area contributed by atoms with Crippen LogP contribution in [0.4, 0.5) is 5.69 Å². The van der Waals surface area contributed by atoms with Crippen molar-refractivity contribution in [2.24, 2.45) is 0 Å². The standard InChI is InChI=1S/C18H25N3O2/c22-17(20-11-5-2-6-12-20)14-21-13-7-10-16(21)18(23)19-15-8-3-1-4-9-15/h1,3-4,8-9,16H,2,5-7,10-14H2,(H,19,23). The molecule has 0 aromatic heterocycles. The molecule has 1 N–H and O–H groups in total. The molecule has 0 radical (unpaired) electrons. The van der Waals surface area contributed by atoms with Crippen molar-refractivity contribution in [2.45, 2.75) is 38.1 Å². The zero-order chi connectivity index (χ0) is 16.1. The van der Waals surface area contributed by atoms with Gasteiger partial charge in [-0.2, -0.15) is 0 Å². The van der Waals surface area contributed by atoms with Gasteiger partial charge in [0.25, 0.3) is 0 Å². The molecular formula is C18H25N3O2. The van der Waals surface area contributed by atoms with Crippen LogP contribution in [0.3, 0.4) is 0 Å². The van der Waals surface area contributed by atoms with E-state index in [1.807, 2.05) is 40.1 Å². The fourth-order valence-electron chi connectivity index (χ4n) is 3.48. The number of nitrogens with zero attached hydrogens (tertiary/aromatic N) is 2. The normalized spacial score (nSPS) is 22.1. The van der Waals surface area contributed by atoms with Crippen LogP contribution in [0.2, 0.25) is 0 Å². The van der Waals surface area contributed by atoms with E-state index in [-0.39, 0.29) is 17.9 Å². The summed E-state index contributed by atoms with van der Waals surface area (Å²) in [6.07, 6.45) is 5.22. The highest BCUT2D eigenvalue weighted by Crippen LogP contribution is 2.20. The molecule has 0 spiro atoms. The monoisotopic (exact) mass is 315 g/mol. The Morgan fingerprint density at radius 2 is 1.74 bits per heavy atom. The van der Waals surface area contributed by atoms with Gasteiger partial charge in [0.05, 0.1) is 12.6 Å². The van der Waals surface area contributed by atoms with Crippen molar-refractivity contribution >= 4 is 17.5 Å². The van der Waals surface area contributed by atoms with Gasteiger partial charge in [-0.15, -0.1) is 0 Å². The summed E-state index contributed by atoms with van der Waals surface area (Å²) in [6, 6.07) is 9.31. The molecule has 2 saturated heterocycles. The molecule has 0 bridgehead atoms. The largest absolute Gasteiger partial charge is 0.342 e. The Morgan fingerprint density at radius 3 is 2.48 bits per heavy atom. The maximum absolute atomic E-state index is 12.5. The topological polar surface area (TPSA) is 52.7 Å². The van der Waals surface area contributed by atoms with Crippen LogP contribution < -0.4 is 5.32 Å². The van der Waals surface area contributed by atoms with E-state index in [2.05, 4.69) is 5.32 Å². The second kappa shape index (κ2) is 7.59. The summed E-state index contributed by atoms with van der Waals surface area (Å²) in [5.74, 6) is 0.171. The number of hydrogen-bond acceptors (Lipinski definition) is 3. The van der Waals surface area contributed by atoms with Gasteiger partial charge < -0.3 is 10.2 Å². The lowest BCUT2D eigenvalue weighted by Crippen LogP contribution is -2.47. The minimum Gasteiger partial charge on any atom is -0.342 e. The summed E-state index contributed by atoms with van der Waals surface area (Å²) >= 11 is 0. The third kappa shape index (κ3) is 4.10. The van der Waals surface area contributed by atoms with Crippen molar-refractivity contribution in [3.8, 4) is 0 Å². The Bertz CT molecular complexity index is 540. The van der Waals surface area contributed by atoms with E-state index in [1.165, 1.54) is 6.42 Å². The van der Waals surface area contributed by atoms with E-state index in [1.54, 1.807) is 0 Å². The molecule has 2 aliphatic heterocycles. The lowest BCUT2D eigenvalue weighted by atomic mass is 10.1. The van der Waals surface area contributed by atoms with Crippen LogP contribution in [0, 0.1) is 0 Å².